The quantitative estimate of drug-likeness (QED) is 0.694. The summed E-state index contributed by atoms with van der Waals surface area (Å²) in [5.74, 6) is 0.160. The van der Waals surface area contributed by atoms with Crippen molar-refractivity contribution in [3.8, 4) is 0 Å². The lowest BCUT2D eigenvalue weighted by Gasteiger charge is -2.21. The number of nitrogens with one attached hydrogen (secondary N) is 1. The smallest absolute Gasteiger partial charge is 0.228 e. The monoisotopic (exact) mass is 264 g/mol. The van der Waals surface area contributed by atoms with Crippen LogP contribution in [0, 0.1) is 0 Å². The Balaban J connectivity index is 2.31. The van der Waals surface area contributed by atoms with E-state index >= 15 is 0 Å². The molecule has 0 aliphatic heterocycles. The van der Waals surface area contributed by atoms with E-state index < -0.39 is 0 Å². The van der Waals surface area contributed by atoms with E-state index in [1.54, 1.807) is 7.11 Å². The lowest BCUT2D eigenvalue weighted by atomic mass is 10.2. The van der Waals surface area contributed by atoms with Crippen LogP contribution in [0.5, 0.6) is 0 Å². The molecule has 0 unspecified atom stereocenters. The van der Waals surface area contributed by atoms with Gasteiger partial charge in [0, 0.05) is 38.9 Å². The Bertz CT molecular complexity index is 354. The standard InChI is InChI=1S/C15H24N2O2/c1-3-17(14-8-5-4-6-9-14)15(18)10-12-16-11-7-13-19-2/h4-6,8-9,16H,3,7,10-13H2,1-2H3. The highest BCUT2D eigenvalue weighted by atomic mass is 16.5. The summed E-state index contributed by atoms with van der Waals surface area (Å²) in [6.45, 7) is 5.06. The minimum absolute atomic E-state index is 0.160. The number of carbonyl (C=O) groups excluding carboxylic acids is 1. The van der Waals surface area contributed by atoms with Crippen LogP contribution in [0.2, 0.25) is 0 Å². The highest BCUT2D eigenvalue weighted by molar-refractivity contribution is 5.93. The van der Waals surface area contributed by atoms with Crippen molar-refractivity contribution in [1.82, 2.24) is 5.32 Å². The van der Waals surface area contributed by atoms with E-state index in [-0.39, 0.29) is 5.91 Å². The van der Waals surface area contributed by atoms with E-state index in [0.29, 0.717) is 19.5 Å². The molecule has 0 bridgehead atoms. The maximum atomic E-state index is 12.1. The lowest BCUT2D eigenvalue weighted by molar-refractivity contribution is -0.118. The molecular weight excluding hydrogens is 240 g/mol. The Hall–Kier alpha value is -1.39. The molecule has 0 aliphatic carbocycles. The fraction of sp³-hybridized carbons (Fsp3) is 0.533. The molecule has 0 saturated carbocycles. The molecule has 19 heavy (non-hydrogen) atoms. The van der Waals surface area contributed by atoms with Crippen molar-refractivity contribution in [3.05, 3.63) is 30.3 Å². The normalized spacial score (nSPS) is 10.4. The molecule has 0 radical (unpaired) electrons. The zero-order valence-corrected chi connectivity index (χ0v) is 11.9. The summed E-state index contributed by atoms with van der Waals surface area (Å²) in [5.41, 5.74) is 0.967. The van der Waals surface area contributed by atoms with Crippen LogP contribution in [0.4, 0.5) is 5.69 Å². The molecule has 0 heterocycles. The van der Waals surface area contributed by atoms with Crippen molar-refractivity contribution in [3.63, 3.8) is 0 Å². The molecule has 0 spiro atoms. The molecule has 1 N–H and O–H groups in total. The number of anilines is 1. The number of rotatable bonds is 9. The van der Waals surface area contributed by atoms with Crippen LogP contribution in [0.1, 0.15) is 19.8 Å². The predicted molar refractivity (Wildman–Crippen MR) is 78.4 cm³/mol. The molecule has 1 rings (SSSR count). The molecule has 1 aromatic rings. The van der Waals surface area contributed by atoms with Gasteiger partial charge in [-0.3, -0.25) is 4.79 Å². The van der Waals surface area contributed by atoms with Gasteiger partial charge in [0.2, 0.25) is 5.91 Å². The summed E-state index contributed by atoms with van der Waals surface area (Å²) in [5, 5.41) is 3.25. The molecule has 4 nitrogen and oxygen atoms in total. The average molecular weight is 264 g/mol. The Labute approximate surface area is 115 Å². The topological polar surface area (TPSA) is 41.6 Å². The Morgan fingerprint density at radius 1 is 1.26 bits per heavy atom. The van der Waals surface area contributed by atoms with E-state index in [9.17, 15) is 4.79 Å². The van der Waals surface area contributed by atoms with E-state index in [4.69, 9.17) is 4.74 Å². The van der Waals surface area contributed by atoms with Gasteiger partial charge in [-0.1, -0.05) is 18.2 Å². The first-order valence-electron chi connectivity index (χ1n) is 6.84. The largest absolute Gasteiger partial charge is 0.385 e. The summed E-state index contributed by atoms with van der Waals surface area (Å²) in [7, 11) is 1.70. The van der Waals surface area contributed by atoms with Gasteiger partial charge < -0.3 is 15.0 Å². The second-order valence-corrected chi connectivity index (χ2v) is 4.32. The fourth-order valence-corrected chi connectivity index (χ4v) is 1.91. The summed E-state index contributed by atoms with van der Waals surface area (Å²) < 4.78 is 4.97. The molecule has 1 aromatic carbocycles. The minimum Gasteiger partial charge on any atom is -0.385 e. The second kappa shape index (κ2) is 9.53. The molecule has 0 atom stereocenters. The number of nitrogens with zero attached hydrogens (tertiary/aromatic N) is 1. The van der Waals surface area contributed by atoms with Crippen LogP contribution in [-0.2, 0) is 9.53 Å². The third kappa shape index (κ3) is 5.85. The molecule has 0 aliphatic rings. The van der Waals surface area contributed by atoms with Crippen molar-refractivity contribution < 1.29 is 9.53 Å². The van der Waals surface area contributed by atoms with Gasteiger partial charge in [0.25, 0.3) is 0 Å². The average Bonchev–Trinajstić information content (AvgIpc) is 2.45. The molecule has 4 heteroatoms. The number of amides is 1. The van der Waals surface area contributed by atoms with Gasteiger partial charge >= 0.3 is 0 Å². The molecule has 0 aromatic heterocycles. The fourth-order valence-electron chi connectivity index (χ4n) is 1.91. The van der Waals surface area contributed by atoms with Crippen molar-refractivity contribution in [2.24, 2.45) is 0 Å². The molecular formula is C15H24N2O2. The number of hydrogen-bond donors (Lipinski definition) is 1. The maximum absolute atomic E-state index is 12.1. The van der Waals surface area contributed by atoms with Gasteiger partial charge in [-0.05, 0) is 32.0 Å². The summed E-state index contributed by atoms with van der Waals surface area (Å²) in [4.78, 5) is 13.9. The van der Waals surface area contributed by atoms with Crippen molar-refractivity contribution in [2.45, 2.75) is 19.8 Å². The van der Waals surface area contributed by atoms with Gasteiger partial charge in [0.1, 0.15) is 0 Å². The van der Waals surface area contributed by atoms with Crippen molar-refractivity contribution in [1.29, 1.82) is 0 Å². The number of hydrogen-bond acceptors (Lipinski definition) is 3. The Kier molecular flexibility index (Phi) is 7.86. The number of methoxy groups -OCH3 is 1. The number of ether oxygens (including phenoxy) is 1. The first-order chi connectivity index (χ1) is 9.29. The Morgan fingerprint density at radius 3 is 2.63 bits per heavy atom. The van der Waals surface area contributed by atoms with E-state index in [0.717, 1.165) is 25.3 Å². The van der Waals surface area contributed by atoms with E-state index in [1.807, 2.05) is 42.2 Å². The van der Waals surface area contributed by atoms with E-state index in [2.05, 4.69) is 5.32 Å². The zero-order chi connectivity index (χ0) is 13.9. The number of benzene rings is 1. The van der Waals surface area contributed by atoms with Gasteiger partial charge in [0.05, 0.1) is 0 Å². The third-order valence-corrected chi connectivity index (χ3v) is 2.90. The summed E-state index contributed by atoms with van der Waals surface area (Å²) >= 11 is 0. The number of carbonyl (C=O) groups is 1. The van der Waals surface area contributed by atoms with Gasteiger partial charge in [0.15, 0.2) is 0 Å². The summed E-state index contributed by atoms with van der Waals surface area (Å²) in [6, 6.07) is 9.79. The summed E-state index contributed by atoms with van der Waals surface area (Å²) in [6.07, 6.45) is 1.50. The second-order valence-electron chi connectivity index (χ2n) is 4.32. The molecule has 0 fully saturated rings. The molecule has 0 saturated heterocycles. The zero-order valence-electron chi connectivity index (χ0n) is 11.9. The first-order valence-corrected chi connectivity index (χ1v) is 6.84. The van der Waals surface area contributed by atoms with Crippen LogP contribution in [-0.4, -0.2) is 39.3 Å². The van der Waals surface area contributed by atoms with Crippen LogP contribution in [0.25, 0.3) is 0 Å². The maximum Gasteiger partial charge on any atom is 0.228 e. The van der Waals surface area contributed by atoms with Crippen LogP contribution < -0.4 is 10.2 Å². The van der Waals surface area contributed by atoms with Gasteiger partial charge in [-0.15, -0.1) is 0 Å². The van der Waals surface area contributed by atoms with Crippen LogP contribution in [0.15, 0.2) is 30.3 Å². The SMILES string of the molecule is CCN(C(=O)CCNCCCOC)c1ccccc1. The molecule has 1 amide bonds. The van der Waals surface area contributed by atoms with Gasteiger partial charge in [-0.2, -0.15) is 0 Å². The molecule has 106 valence electrons. The van der Waals surface area contributed by atoms with E-state index in [1.165, 1.54) is 0 Å². The third-order valence-electron chi connectivity index (χ3n) is 2.90. The predicted octanol–water partition coefficient (Wildman–Crippen LogP) is 2.06. The number of para-hydroxylation sites is 1. The lowest BCUT2D eigenvalue weighted by Crippen LogP contribution is -2.33. The van der Waals surface area contributed by atoms with Gasteiger partial charge in [-0.25, -0.2) is 0 Å². The van der Waals surface area contributed by atoms with Crippen LogP contribution >= 0.6 is 0 Å². The van der Waals surface area contributed by atoms with Crippen LogP contribution in [0.3, 0.4) is 0 Å². The highest BCUT2D eigenvalue weighted by Crippen LogP contribution is 2.13. The minimum atomic E-state index is 0.160. The highest BCUT2D eigenvalue weighted by Gasteiger charge is 2.12. The van der Waals surface area contributed by atoms with Crippen molar-refractivity contribution in [2.75, 3.05) is 38.3 Å². The first kappa shape index (κ1) is 15.7. The van der Waals surface area contributed by atoms with Crippen molar-refractivity contribution >= 4 is 11.6 Å². The Morgan fingerprint density at radius 2 is 2.00 bits per heavy atom.